The van der Waals surface area contributed by atoms with Gasteiger partial charge >= 0.3 is 36.4 Å². The molecule has 4 aliphatic rings. The standard InChI is InChI=1S/C20H30N2O5.C19H18N2O4.C17H26N2O5.C11H16N2O2.C11H15NO3.C8H5NO2.C6H10O3.CH3.Pd/c1-14(22-18(24)25-12-15-9-7-6-8-10-15)11-21-17(23)16-19(2,3)13-26-20(4,5)27-16;1-13(20-19(24)25-12-14-7-3-2-4-8-14)11-21-17(22)15-9-5-6-10-16(15)18(21)23;1-12(9-18-15(22)14(21)17(2,3)11-20)19-16(23)24-10-13-7-5-4-6-8-13;1-9(7-12)13-11(14)15-8-10-5-3-2-4-6-10;1-9(7-13)12-11(14)15-8-10-5-3-2-4-6-10;10-7-5-3-1-2-4-6(5)8(11)9-7;1-6(2)3-9-5(8)4(6)7;;/h6-10,14,16H,11-13H2,1-5H3,(H,21,23)(H,22,24);2-10,13H,11-12H2,1H3,(H,20,24);4-8,12,14,20-21H,9-11H2,1-3H3,(H,18,22)(H,19,23);2-6,9H,7-8,12H2,1H3,(H,13,14);2-6,9,13H,7-8H2,1H3,(H,12,14);1-4H,(H,9,10,11);4,7H,3H2,1-2H3;1H3;/q;;;;;;;-1;/t14-,16-;13-;12-,14-;2*9-;;4-;;/m00000.0../s1. The van der Waals surface area contributed by atoms with E-state index < -0.39 is 88.7 Å². The van der Waals surface area contributed by atoms with Crippen molar-refractivity contribution in [2.45, 2.75) is 177 Å². The molecule has 7 aromatic rings. The van der Waals surface area contributed by atoms with Crippen molar-refractivity contribution in [2.24, 2.45) is 22.0 Å². The predicted octanol–water partition coefficient (Wildman–Crippen LogP) is 9.49. The molecular weight excluding hydrogens is 1750 g/mol. The van der Waals surface area contributed by atoms with Crippen LogP contribution in [0.4, 0.5) is 24.0 Å². The molecule has 4 aliphatic heterocycles. The zero-order valence-corrected chi connectivity index (χ0v) is 76.2. The van der Waals surface area contributed by atoms with Crippen LogP contribution in [0.1, 0.15) is 159 Å². The van der Waals surface area contributed by atoms with Gasteiger partial charge in [0, 0.05) is 87.0 Å². The van der Waals surface area contributed by atoms with Gasteiger partial charge in [-0.1, -0.05) is 217 Å². The Morgan fingerprint density at radius 2 is 0.797 bits per heavy atom. The van der Waals surface area contributed by atoms with Gasteiger partial charge in [-0.2, -0.15) is 0 Å². The molecule has 0 bridgehead atoms. The summed E-state index contributed by atoms with van der Waals surface area (Å²) in [7, 11) is 0. The maximum absolute atomic E-state index is 12.6. The third-order valence-electron chi connectivity index (χ3n) is 18.7. The Morgan fingerprint density at radius 1 is 0.477 bits per heavy atom. The Balaban J connectivity index is 0.000000394. The fourth-order valence-corrected chi connectivity index (χ4v) is 11.1. The molecule has 700 valence electrons. The van der Waals surface area contributed by atoms with E-state index in [-0.39, 0.29) is 147 Å². The summed E-state index contributed by atoms with van der Waals surface area (Å²) in [6.07, 6.45) is -5.54. The van der Waals surface area contributed by atoms with Crippen LogP contribution < -0.4 is 48.3 Å². The van der Waals surface area contributed by atoms with E-state index >= 15 is 0 Å². The van der Waals surface area contributed by atoms with E-state index in [4.69, 9.17) is 54.2 Å². The number of hydrogen-bond donors (Lipinski definition) is 13. The van der Waals surface area contributed by atoms with Crippen molar-refractivity contribution in [2.75, 3.05) is 52.6 Å². The van der Waals surface area contributed by atoms with Crippen LogP contribution in [0.5, 0.6) is 0 Å². The van der Waals surface area contributed by atoms with Gasteiger partial charge in [-0.15, -0.1) is 0 Å². The van der Waals surface area contributed by atoms with Gasteiger partial charge in [-0.05, 0) is 101 Å². The van der Waals surface area contributed by atoms with Gasteiger partial charge < -0.3 is 109 Å². The first-order valence-electron chi connectivity index (χ1n) is 40.8. The van der Waals surface area contributed by atoms with Gasteiger partial charge in [0.15, 0.2) is 11.9 Å². The van der Waals surface area contributed by atoms with Crippen molar-refractivity contribution < 1.29 is 136 Å². The second-order valence-corrected chi connectivity index (χ2v) is 32.3. The first kappa shape index (κ1) is 110. The molecular formula is C93H123N10O24Pd-. The summed E-state index contributed by atoms with van der Waals surface area (Å²) in [5.74, 6) is -3.40. The van der Waals surface area contributed by atoms with Crippen LogP contribution in [-0.4, -0.2) is 204 Å². The predicted molar refractivity (Wildman–Crippen MR) is 471 cm³/mol. The number of esters is 1. The molecule has 4 heterocycles. The molecule has 14 N–H and O–H groups in total. The monoisotopic (exact) mass is 1870 g/mol. The van der Waals surface area contributed by atoms with Crippen molar-refractivity contribution in [1.29, 1.82) is 0 Å². The molecule has 2 saturated heterocycles. The Morgan fingerprint density at radius 3 is 1.11 bits per heavy atom. The molecule has 0 unspecified atom stereocenters. The maximum Gasteiger partial charge on any atom is 0.407 e. The van der Waals surface area contributed by atoms with Crippen LogP contribution in [0.3, 0.4) is 0 Å². The first-order chi connectivity index (χ1) is 59.7. The number of amides is 11. The molecule has 0 aliphatic carbocycles. The van der Waals surface area contributed by atoms with Crippen LogP contribution >= 0.6 is 0 Å². The summed E-state index contributed by atoms with van der Waals surface area (Å²) in [6, 6.07) is 59.0. The average Bonchev–Trinajstić information content (AvgIpc) is 1.17. The Bertz CT molecular complexity index is 4500. The quantitative estimate of drug-likeness (QED) is 0.00749. The van der Waals surface area contributed by atoms with Crippen LogP contribution in [0.15, 0.2) is 200 Å². The maximum atomic E-state index is 12.6. The van der Waals surface area contributed by atoms with Gasteiger partial charge in [0.25, 0.3) is 23.6 Å². The molecule has 0 aromatic heterocycles. The summed E-state index contributed by atoms with van der Waals surface area (Å²) in [4.78, 5) is 140. The first-order valence-corrected chi connectivity index (χ1v) is 40.8. The number of aliphatic hydroxyl groups is 4. The van der Waals surface area contributed by atoms with Crippen molar-refractivity contribution in [3.63, 3.8) is 0 Å². The number of imide groups is 2. The second-order valence-electron chi connectivity index (χ2n) is 32.3. The Labute approximate surface area is 761 Å². The number of benzene rings is 7. The molecule has 35 heteroatoms. The van der Waals surface area contributed by atoms with E-state index in [1.807, 2.05) is 172 Å². The minimum absolute atomic E-state index is 0. The van der Waals surface area contributed by atoms with Crippen LogP contribution in [0.25, 0.3) is 0 Å². The molecule has 128 heavy (non-hydrogen) atoms. The number of rotatable bonds is 27. The number of carbonyl (C=O) groups is 12. The number of nitrogens with one attached hydrogen (secondary N) is 8. The molecule has 8 atom stereocenters. The van der Waals surface area contributed by atoms with Crippen molar-refractivity contribution >= 4 is 71.9 Å². The van der Waals surface area contributed by atoms with Gasteiger partial charge in [-0.3, -0.25) is 39.0 Å². The van der Waals surface area contributed by atoms with E-state index in [1.54, 1.807) is 118 Å². The van der Waals surface area contributed by atoms with E-state index in [0.29, 0.717) is 42.0 Å². The van der Waals surface area contributed by atoms with Crippen LogP contribution in [0, 0.1) is 23.7 Å². The van der Waals surface area contributed by atoms with E-state index in [9.17, 15) is 62.6 Å². The van der Waals surface area contributed by atoms with Crippen molar-refractivity contribution in [3.8, 4) is 0 Å². The smallest absolute Gasteiger partial charge is 0.407 e. The van der Waals surface area contributed by atoms with Crippen molar-refractivity contribution in [3.05, 3.63) is 258 Å². The molecule has 11 amide bonds. The van der Waals surface area contributed by atoms with Gasteiger partial charge in [0.05, 0.1) is 54.7 Å². The molecule has 2 fully saturated rings. The number of cyclic esters (lactones) is 1. The molecule has 0 radical (unpaired) electrons. The molecule has 0 spiro atoms. The number of nitrogens with zero attached hydrogens (tertiary/aromatic N) is 1. The fourth-order valence-electron chi connectivity index (χ4n) is 11.1. The topological polar surface area (TPSA) is 485 Å². The van der Waals surface area contributed by atoms with Gasteiger partial charge in [0.1, 0.15) is 45.2 Å². The largest absolute Gasteiger partial charge is 0.463 e. The van der Waals surface area contributed by atoms with Crippen LogP contribution in [0.2, 0.25) is 0 Å². The van der Waals surface area contributed by atoms with Gasteiger partial charge in [0.2, 0.25) is 11.8 Å². The molecule has 11 rings (SSSR count). The van der Waals surface area contributed by atoms with Gasteiger partial charge in [-0.25, -0.2) is 28.8 Å². The summed E-state index contributed by atoms with van der Waals surface area (Å²) in [5, 5.41) is 57.4. The number of carbonyl (C=O) groups excluding carboxylic acids is 12. The number of fused-ring (bicyclic) bond motifs is 2. The van der Waals surface area contributed by atoms with E-state index in [0.717, 1.165) is 32.7 Å². The fraction of sp³-hybridized carbons (Fsp3) is 0.409. The minimum Gasteiger partial charge on any atom is -0.463 e. The number of aliphatic hydroxyl groups excluding tert-OH is 4. The average molecular weight is 1870 g/mol. The molecule has 0 saturated carbocycles. The summed E-state index contributed by atoms with van der Waals surface area (Å²) < 4.78 is 41.4. The molecule has 34 nitrogen and oxygen atoms in total. The molecule has 7 aromatic carbocycles. The zero-order chi connectivity index (χ0) is 93.2. The minimum atomic E-state index is -1.33. The number of alkyl carbamates (subject to hydrolysis) is 5. The number of ether oxygens (including phenoxy) is 8. The second kappa shape index (κ2) is 55.5. The summed E-state index contributed by atoms with van der Waals surface area (Å²) in [6.45, 7) is 25.2. The SMILES string of the molecule is CC1(C)COC(=O)[C@@H]1O.C[C@@H](CN)NC(=O)OCc1ccccc1.C[C@@H](CN1C(=O)c2ccccc2C1=O)NC(=O)OCc1ccccc1.C[C@@H](CNC(=O)[C@@H]1OC(C)(C)OCC1(C)C)NC(=O)OCc1ccccc1.C[C@@H](CNC(=O)[C@H](O)C(C)(C)CO)NC(=O)OCc1ccccc1.C[C@@H](CO)NC(=O)OCc1ccccc1.O=C1NC(=O)c2ccccc21.[CH3-].[Pd]. The number of hydrogen-bond acceptors (Lipinski definition) is 25. The Kier molecular flexibility index (Phi) is 47.8. The Hall–Kier alpha value is -12.0. The van der Waals surface area contributed by atoms with Crippen molar-refractivity contribution in [1.82, 2.24) is 47.4 Å². The van der Waals surface area contributed by atoms with E-state index in [2.05, 4.69) is 47.3 Å². The third kappa shape index (κ3) is 39.5. The summed E-state index contributed by atoms with van der Waals surface area (Å²) >= 11 is 0. The third-order valence-corrected chi connectivity index (χ3v) is 18.7. The summed E-state index contributed by atoms with van der Waals surface area (Å²) in [5.41, 5.74) is 9.89. The normalized spacial score (nSPS) is 16.2. The zero-order valence-electron chi connectivity index (χ0n) is 74.7. The van der Waals surface area contributed by atoms with E-state index in [1.165, 1.54) is 0 Å². The van der Waals surface area contributed by atoms with Crippen LogP contribution in [-0.2, 0) is 106 Å². The number of nitrogens with two attached hydrogens (primary N) is 1.